The smallest absolute Gasteiger partial charge is 0.226 e. The molecule has 3 heterocycles. The summed E-state index contributed by atoms with van der Waals surface area (Å²) in [6.45, 7) is 6.92. The lowest BCUT2D eigenvalue weighted by molar-refractivity contribution is 0.668. The molecule has 3 aliphatic rings. The van der Waals surface area contributed by atoms with E-state index in [0.717, 1.165) is 45.4 Å². The van der Waals surface area contributed by atoms with E-state index in [0.29, 0.717) is 0 Å². The second kappa shape index (κ2) is 15.9. The van der Waals surface area contributed by atoms with Crippen molar-refractivity contribution in [3.63, 3.8) is 0 Å². The van der Waals surface area contributed by atoms with Gasteiger partial charge in [0.15, 0.2) is 0 Å². The van der Waals surface area contributed by atoms with Gasteiger partial charge in [-0.05, 0) is 145 Å². The largest absolute Gasteiger partial charge is 0.456 e. The molecule has 0 fully saturated rings. The van der Waals surface area contributed by atoms with Crippen LogP contribution in [0.5, 0.6) is 0 Å². The fourth-order valence-electron chi connectivity index (χ4n) is 11.0. The van der Waals surface area contributed by atoms with Gasteiger partial charge in [-0.15, -0.1) is 0 Å². The van der Waals surface area contributed by atoms with E-state index in [1.807, 2.05) is 0 Å². The van der Waals surface area contributed by atoms with Gasteiger partial charge in [-0.2, -0.15) is 0 Å². The lowest BCUT2D eigenvalue weighted by Crippen LogP contribution is -2.63. The van der Waals surface area contributed by atoms with Gasteiger partial charge in [-0.3, -0.25) is 0 Å². The minimum atomic E-state index is 0.0509. The van der Waals surface area contributed by atoms with Crippen molar-refractivity contribution in [1.29, 1.82) is 0 Å². The Morgan fingerprint density at radius 2 is 1.25 bits per heavy atom. The van der Waals surface area contributed by atoms with Crippen LogP contribution in [-0.2, 0) is 6.42 Å². The molecule has 0 saturated carbocycles. The first-order chi connectivity index (χ1) is 32.0. The van der Waals surface area contributed by atoms with Crippen LogP contribution in [0, 0.1) is 6.92 Å². The first kappa shape index (κ1) is 39.1. The molecule has 0 bridgehead atoms. The summed E-state index contributed by atoms with van der Waals surface area (Å²) in [6, 6.07) is 69.4. The lowest BCUT2D eigenvalue weighted by atomic mass is 9.28. The van der Waals surface area contributed by atoms with Gasteiger partial charge in [-0.25, -0.2) is 0 Å². The molecule has 0 radical (unpaired) electrons. The molecule has 2 unspecified atom stereocenters. The Balaban J connectivity index is 1.07. The second-order valence-electron chi connectivity index (χ2n) is 18.1. The minimum absolute atomic E-state index is 0.0509. The van der Waals surface area contributed by atoms with Gasteiger partial charge in [0.05, 0.1) is 6.04 Å². The van der Waals surface area contributed by atoms with Crippen LogP contribution in [0.3, 0.4) is 0 Å². The summed E-state index contributed by atoms with van der Waals surface area (Å²) in [5.41, 5.74) is 20.4. The summed E-state index contributed by atoms with van der Waals surface area (Å²) < 4.78 is 6.52. The Bertz CT molecular complexity index is 3260. The number of rotatable bonds is 9. The fourth-order valence-corrected chi connectivity index (χ4v) is 11.0. The Morgan fingerprint density at radius 1 is 0.569 bits per heavy atom. The molecule has 2 atom stereocenters. The fraction of sp³-hybridized carbons (Fsp3) is 0.133. The van der Waals surface area contributed by atoms with Crippen molar-refractivity contribution in [3.05, 3.63) is 223 Å². The topological polar surface area (TPSA) is 22.9 Å². The normalized spacial score (nSPS) is 16.2. The predicted octanol–water partition coefficient (Wildman–Crippen LogP) is 14.9. The molecule has 1 aromatic heterocycles. The van der Waals surface area contributed by atoms with Crippen LogP contribution in [0.15, 0.2) is 216 Å². The minimum Gasteiger partial charge on any atom is -0.456 e. The first-order valence-electron chi connectivity index (χ1n) is 23.3. The van der Waals surface area contributed by atoms with E-state index >= 15 is 0 Å². The first-order valence-corrected chi connectivity index (χ1v) is 23.3. The third kappa shape index (κ3) is 6.68. The summed E-state index contributed by atoms with van der Waals surface area (Å²) in [5, 5.41) is 2.26. The van der Waals surface area contributed by atoms with Crippen molar-refractivity contribution in [3.8, 4) is 11.1 Å². The molecule has 0 saturated heterocycles. The van der Waals surface area contributed by atoms with Gasteiger partial charge in [0.25, 0.3) is 0 Å². The highest BCUT2D eigenvalue weighted by molar-refractivity contribution is 6.90. The number of nitrogens with zero attached hydrogens (tertiary/aromatic N) is 3. The number of aryl methyl sites for hydroxylation is 2. The molecule has 8 aromatic carbocycles. The van der Waals surface area contributed by atoms with Gasteiger partial charge in [0.2, 0.25) is 6.71 Å². The molecule has 12 rings (SSSR count). The van der Waals surface area contributed by atoms with E-state index < -0.39 is 0 Å². The van der Waals surface area contributed by atoms with E-state index in [2.05, 4.69) is 236 Å². The number of allylic oxidation sites excluding steroid dienone is 2. The molecule has 5 heteroatoms. The Labute approximate surface area is 382 Å². The monoisotopic (exact) mass is 839 g/mol. The van der Waals surface area contributed by atoms with Crippen molar-refractivity contribution in [2.24, 2.45) is 0 Å². The van der Waals surface area contributed by atoms with Gasteiger partial charge in [0.1, 0.15) is 11.2 Å². The number of benzene rings is 8. The molecule has 0 spiro atoms. The van der Waals surface area contributed by atoms with Crippen LogP contribution < -0.4 is 25.6 Å². The van der Waals surface area contributed by atoms with E-state index in [1.165, 1.54) is 80.0 Å². The maximum Gasteiger partial charge on any atom is 0.226 e. The van der Waals surface area contributed by atoms with Crippen LogP contribution in [0.1, 0.15) is 37.8 Å². The van der Waals surface area contributed by atoms with Crippen molar-refractivity contribution in [1.82, 2.24) is 0 Å². The van der Waals surface area contributed by atoms with Crippen molar-refractivity contribution >= 4 is 79.4 Å². The highest BCUT2D eigenvalue weighted by atomic mass is 16.3. The van der Waals surface area contributed by atoms with Crippen LogP contribution in [0.4, 0.5) is 39.8 Å². The molecule has 65 heavy (non-hydrogen) atoms. The van der Waals surface area contributed by atoms with Gasteiger partial charge in [-0.1, -0.05) is 134 Å². The molecule has 4 nitrogen and oxygen atoms in total. The van der Waals surface area contributed by atoms with E-state index in [1.54, 1.807) is 0 Å². The average Bonchev–Trinajstić information content (AvgIpc) is 3.72. The summed E-state index contributed by atoms with van der Waals surface area (Å²) in [4.78, 5) is 7.61. The highest BCUT2D eigenvalue weighted by Crippen LogP contribution is 2.52. The average molecular weight is 840 g/mol. The lowest BCUT2D eigenvalue weighted by Gasteiger charge is -2.53. The third-order valence-corrected chi connectivity index (χ3v) is 13.9. The van der Waals surface area contributed by atoms with Gasteiger partial charge >= 0.3 is 0 Å². The van der Waals surface area contributed by atoms with E-state index in [4.69, 9.17) is 4.42 Å². The summed E-state index contributed by atoms with van der Waals surface area (Å²) in [6.07, 6.45) is 8.45. The van der Waals surface area contributed by atoms with Crippen LogP contribution in [0.2, 0.25) is 5.82 Å². The number of fused-ring (bicyclic) bond motifs is 7. The predicted molar refractivity (Wildman–Crippen MR) is 275 cm³/mol. The molecule has 0 N–H and O–H groups in total. The third-order valence-electron chi connectivity index (χ3n) is 13.9. The Hall–Kier alpha value is -7.50. The molecular formula is C60H50BN3O. The maximum atomic E-state index is 6.52. The van der Waals surface area contributed by atoms with Gasteiger partial charge in [0, 0.05) is 62.1 Å². The quantitative estimate of drug-likeness (QED) is 0.135. The van der Waals surface area contributed by atoms with Crippen LogP contribution >= 0.6 is 0 Å². The number of para-hydroxylation sites is 2. The van der Waals surface area contributed by atoms with Crippen molar-refractivity contribution < 1.29 is 4.42 Å². The second-order valence-corrected chi connectivity index (χ2v) is 18.1. The number of furan rings is 1. The summed E-state index contributed by atoms with van der Waals surface area (Å²) in [7, 11) is 0. The summed E-state index contributed by atoms with van der Waals surface area (Å²) >= 11 is 0. The standard InChI is InChI=1S/C60H50BN3O/c1-4-5-15-42-23-26-47(27-24-42)63-55-39-49(62(45-18-11-7-12-19-45)46-20-13-8-14-21-46)28-30-52(55)61-53-34-40(2)22-31-54(53)64(57-36-41(3)35-56(63)60(57)61)48-29-33-59-51(38-48)50-37-44(25-32-58(50)65-59)43-16-9-6-10-17-43/h6-14,16-39,57,60H,4-5,15H2,1-3H3. The zero-order valence-corrected chi connectivity index (χ0v) is 37.2. The van der Waals surface area contributed by atoms with Crippen LogP contribution in [0.25, 0.3) is 33.1 Å². The van der Waals surface area contributed by atoms with Crippen molar-refractivity contribution in [2.45, 2.75) is 51.9 Å². The molecular weight excluding hydrogens is 789 g/mol. The SMILES string of the molecule is CCCCc1ccc(N2C3=CC(C)=CC4C3B(c3ccc(N(c5ccccc5)c5ccccc5)cc32)c2cc(C)ccc2N4c2ccc3oc4ccc(-c5ccccc5)cc4c3c2)cc1. The molecule has 9 aromatic rings. The van der Waals surface area contributed by atoms with Gasteiger partial charge < -0.3 is 19.1 Å². The maximum absolute atomic E-state index is 6.52. The number of hydrogen-bond acceptors (Lipinski definition) is 4. The van der Waals surface area contributed by atoms with Crippen LogP contribution in [-0.4, -0.2) is 12.8 Å². The molecule has 2 aliphatic heterocycles. The molecule has 314 valence electrons. The number of hydrogen-bond donors (Lipinski definition) is 0. The highest BCUT2D eigenvalue weighted by Gasteiger charge is 2.52. The van der Waals surface area contributed by atoms with E-state index in [-0.39, 0.29) is 18.6 Å². The zero-order chi connectivity index (χ0) is 43.6. The molecule has 0 amide bonds. The molecule has 1 aliphatic carbocycles. The van der Waals surface area contributed by atoms with Crippen molar-refractivity contribution in [2.75, 3.05) is 14.7 Å². The Morgan fingerprint density at radius 3 is 1.97 bits per heavy atom. The Kier molecular flexibility index (Phi) is 9.59. The number of anilines is 7. The van der Waals surface area contributed by atoms with E-state index in [9.17, 15) is 0 Å². The zero-order valence-electron chi connectivity index (χ0n) is 37.2. The summed E-state index contributed by atoms with van der Waals surface area (Å²) in [5.74, 6) is 0.131. The number of unbranched alkanes of at least 4 members (excludes halogenated alkanes) is 1.